The van der Waals surface area contributed by atoms with Gasteiger partial charge >= 0.3 is 0 Å². The molecular formula is C25H19ClN4. The van der Waals surface area contributed by atoms with Crippen LogP contribution in [0.4, 0.5) is 11.5 Å². The summed E-state index contributed by atoms with van der Waals surface area (Å²) in [6.45, 7) is 2.08. The maximum Gasteiger partial charge on any atom is 0.165 e. The lowest BCUT2D eigenvalue weighted by Crippen LogP contribution is -2.02. The zero-order chi connectivity index (χ0) is 20.5. The molecule has 5 heteroatoms. The molecule has 0 saturated heterocycles. The molecule has 0 aliphatic rings. The fourth-order valence-electron chi connectivity index (χ4n) is 3.51. The van der Waals surface area contributed by atoms with E-state index in [1.807, 2.05) is 71.4 Å². The Hall–Kier alpha value is -3.63. The van der Waals surface area contributed by atoms with Gasteiger partial charge in [0.05, 0.1) is 11.9 Å². The third-order valence-corrected chi connectivity index (χ3v) is 5.24. The first-order valence-corrected chi connectivity index (χ1v) is 10.1. The number of hydrogen-bond donors (Lipinski definition) is 1. The molecule has 0 amide bonds. The predicted molar refractivity (Wildman–Crippen MR) is 123 cm³/mol. The van der Waals surface area contributed by atoms with Crippen molar-refractivity contribution in [3.63, 3.8) is 0 Å². The van der Waals surface area contributed by atoms with Crippen molar-refractivity contribution in [3.05, 3.63) is 102 Å². The van der Waals surface area contributed by atoms with E-state index in [1.165, 1.54) is 5.56 Å². The highest BCUT2D eigenvalue weighted by Crippen LogP contribution is 2.30. The SMILES string of the molecule is Cc1cccc(Nc2cc(-c3ccccc3)nc3c(-c4ccc(Cl)cc4)cnn23)c1. The maximum atomic E-state index is 6.08. The summed E-state index contributed by atoms with van der Waals surface area (Å²) in [6.07, 6.45) is 1.85. The number of halogens is 1. The van der Waals surface area contributed by atoms with Crippen LogP contribution in [-0.4, -0.2) is 14.6 Å². The van der Waals surface area contributed by atoms with Gasteiger partial charge in [0.15, 0.2) is 5.65 Å². The minimum absolute atomic E-state index is 0.704. The predicted octanol–water partition coefficient (Wildman–Crippen LogP) is 6.77. The highest BCUT2D eigenvalue weighted by atomic mass is 35.5. The molecule has 0 saturated carbocycles. The molecule has 146 valence electrons. The first-order chi connectivity index (χ1) is 14.7. The second kappa shape index (κ2) is 7.65. The van der Waals surface area contributed by atoms with Crippen LogP contribution in [0, 0.1) is 6.92 Å². The van der Waals surface area contributed by atoms with Gasteiger partial charge in [-0.25, -0.2) is 4.98 Å². The van der Waals surface area contributed by atoms with Gasteiger partial charge in [0.1, 0.15) is 5.82 Å². The maximum absolute atomic E-state index is 6.08. The Morgan fingerprint density at radius 1 is 0.833 bits per heavy atom. The Morgan fingerprint density at radius 2 is 1.63 bits per heavy atom. The lowest BCUT2D eigenvalue weighted by Gasteiger charge is -2.12. The number of hydrogen-bond acceptors (Lipinski definition) is 3. The van der Waals surface area contributed by atoms with Crippen LogP contribution in [0.5, 0.6) is 0 Å². The smallest absolute Gasteiger partial charge is 0.165 e. The number of nitrogens with zero attached hydrogens (tertiary/aromatic N) is 3. The van der Waals surface area contributed by atoms with Crippen LogP contribution in [0.1, 0.15) is 5.56 Å². The topological polar surface area (TPSA) is 42.2 Å². The molecule has 0 aliphatic carbocycles. The fraction of sp³-hybridized carbons (Fsp3) is 0.0400. The van der Waals surface area contributed by atoms with Gasteiger partial charge in [-0.3, -0.25) is 0 Å². The van der Waals surface area contributed by atoms with Gasteiger partial charge < -0.3 is 5.32 Å². The molecule has 1 N–H and O–H groups in total. The summed E-state index contributed by atoms with van der Waals surface area (Å²) in [4.78, 5) is 4.95. The molecule has 0 aliphatic heterocycles. The summed E-state index contributed by atoms with van der Waals surface area (Å²) >= 11 is 6.08. The van der Waals surface area contributed by atoms with E-state index >= 15 is 0 Å². The van der Waals surface area contributed by atoms with Gasteiger partial charge in [-0.05, 0) is 42.3 Å². The van der Waals surface area contributed by atoms with Crippen molar-refractivity contribution in [1.29, 1.82) is 0 Å². The van der Waals surface area contributed by atoms with Crippen LogP contribution in [0.15, 0.2) is 91.1 Å². The van der Waals surface area contributed by atoms with Crippen LogP contribution in [0.2, 0.25) is 5.02 Å². The molecule has 4 nitrogen and oxygen atoms in total. The molecule has 0 atom stereocenters. The molecule has 0 radical (unpaired) electrons. The van der Waals surface area contributed by atoms with Crippen LogP contribution < -0.4 is 5.32 Å². The summed E-state index contributed by atoms with van der Waals surface area (Å²) in [5, 5.41) is 8.84. The summed E-state index contributed by atoms with van der Waals surface area (Å²) in [5.41, 5.74) is 6.89. The first kappa shape index (κ1) is 18.4. The average molecular weight is 411 g/mol. The zero-order valence-electron chi connectivity index (χ0n) is 16.4. The largest absolute Gasteiger partial charge is 0.340 e. The van der Waals surface area contributed by atoms with Gasteiger partial charge in [0.2, 0.25) is 0 Å². The molecule has 2 heterocycles. The van der Waals surface area contributed by atoms with Crippen LogP contribution >= 0.6 is 11.6 Å². The molecule has 0 spiro atoms. The molecule has 3 aromatic carbocycles. The second-order valence-corrected chi connectivity index (χ2v) is 7.62. The van der Waals surface area contributed by atoms with Gasteiger partial charge in [-0.1, -0.05) is 66.2 Å². The number of benzene rings is 3. The van der Waals surface area contributed by atoms with Crippen molar-refractivity contribution in [2.24, 2.45) is 0 Å². The average Bonchev–Trinajstić information content (AvgIpc) is 3.19. The molecule has 5 aromatic rings. The zero-order valence-corrected chi connectivity index (χ0v) is 17.1. The van der Waals surface area contributed by atoms with Crippen molar-refractivity contribution in [2.45, 2.75) is 6.92 Å². The molecular weight excluding hydrogens is 392 g/mol. The van der Waals surface area contributed by atoms with Gasteiger partial charge in [0, 0.05) is 27.9 Å². The van der Waals surface area contributed by atoms with Crippen LogP contribution in [0.25, 0.3) is 28.0 Å². The Labute approximate surface area is 179 Å². The number of nitrogens with one attached hydrogen (secondary N) is 1. The van der Waals surface area contributed by atoms with E-state index in [0.717, 1.165) is 39.5 Å². The fourth-order valence-corrected chi connectivity index (χ4v) is 3.64. The summed E-state index contributed by atoms with van der Waals surface area (Å²) in [6, 6.07) is 28.2. The number of aromatic nitrogens is 3. The normalized spacial score (nSPS) is 11.0. The van der Waals surface area contributed by atoms with Crippen LogP contribution in [-0.2, 0) is 0 Å². The second-order valence-electron chi connectivity index (χ2n) is 7.19. The molecule has 30 heavy (non-hydrogen) atoms. The van der Waals surface area contributed by atoms with Crippen molar-refractivity contribution in [3.8, 4) is 22.4 Å². The summed E-state index contributed by atoms with van der Waals surface area (Å²) < 4.78 is 1.85. The lowest BCUT2D eigenvalue weighted by molar-refractivity contribution is 0.949. The highest BCUT2D eigenvalue weighted by Gasteiger charge is 2.14. The Bertz CT molecular complexity index is 1320. The Morgan fingerprint density at radius 3 is 2.40 bits per heavy atom. The monoisotopic (exact) mass is 410 g/mol. The molecule has 0 unspecified atom stereocenters. The highest BCUT2D eigenvalue weighted by molar-refractivity contribution is 6.30. The molecule has 0 bridgehead atoms. The third kappa shape index (κ3) is 3.53. The van der Waals surface area contributed by atoms with Crippen LogP contribution in [0.3, 0.4) is 0 Å². The van der Waals surface area contributed by atoms with E-state index in [9.17, 15) is 0 Å². The van der Waals surface area contributed by atoms with Crippen molar-refractivity contribution < 1.29 is 0 Å². The number of aryl methyl sites for hydroxylation is 1. The minimum atomic E-state index is 0.704. The standard InChI is InChI=1S/C25H19ClN4/c1-17-6-5-9-21(14-17)28-24-15-23(19-7-3-2-4-8-19)29-25-22(16-27-30(24)25)18-10-12-20(26)13-11-18/h2-16,28H,1H3. The lowest BCUT2D eigenvalue weighted by atomic mass is 10.1. The van der Waals surface area contributed by atoms with E-state index in [-0.39, 0.29) is 0 Å². The van der Waals surface area contributed by atoms with Crippen molar-refractivity contribution >= 4 is 28.8 Å². The van der Waals surface area contributed by atoms with E-state index < -0.39 is 0 Å². The van der Waals surface area contributed by atoms with Gasteiger partial charge in [-0.2, -0.15) is 9.61 Å². The summed E-state index contributed by atoms with van der Waals surface area (Å²) in [7, 11) is 0. The van der Waals surface area contributed by atoms with E-state index in [0.29, 0.717) is 5.02 Å². The van der Waals surface area contributed by atoms with Crippen molar-refractivity contribution in [1.82, 2.24) is 14.6 Å². The van der Waals surface area contributed by atoms with E-state index in [2.05, 4.69) is 41.6 Å². The number of fused-ring (bicyclic) bond motifs is 1. The Kier molecular flexibility index (Phi) is 4.69. The van der Waals surface area contributed by atoms with Crippen molar-refractivity contribution in [2.75, 3.05) is 5.32 Å². The Balaban J connectivity index is 1.70. The summed E-state index contributed by atoms with van der Waals surface area (Å²) in [5.74, 6) is 0.852. The minimum Gasteiger partial charge on any atom is -0.340 e. The molecule has 5 rings (SSSR count). The van der Waals surface area contributed by atoms with E-state index in [1.54, 1.807) is 0 Å². The quantitative estimate of drug-likeness (QED) is 0.355. The third-order valence-electron chi connectivity index (χ3n) is 4.99. The van der Waals surface area contributed by atoms with Gasteiger partial charge in [-0.15, -0.1) is 0 Å². The first-order valence-electron chi connectivity index (χ1n) is 9.71. The molecule has 2 aromatic heterocycles. The van der Waals surface area contributed by atoms with E-state index in [4.69, 9.17) is 16.6 Å². The number of rotatable bonds is 4. The number of anilines is 2. The van der Waals surface area contributed by atoms with Gasteiger partial charge in [0.25, 0.3) is 0 Å². The molecule has 0 fully saturated rings.